The van der Waals surface area contributed by atoms with E-state index in [9.17, 15) is 0 Å². The molecule has 1 aromatic carbocycles. The summed E-state index contributed by atoms with van der Waals surface area (Å²) in [7, 11) is 0. The highest BCUT2D eigenvalue weighted by Gasteiger charge is 2.08. The highest BCUT2D eigenvalue weighted by Crippen LogP contribution is 2.25. The van der Waals surface area contributed by atoms with E-state index in [0.29, 0.717) is 0 Å². The van der Waals surface area contributed by atoms with Gasteiger partial charge < -0.3 is 0 Å². The van der Waals surface area contributed by atoms with Crippen LogP contribution < -0.4 is 0 Å². The third-order valence-electron chi connectivity index (χ3n) is 4.72. The summed E-state index contributed by atoms with van der Waals surface area (Å²) >= 11 is 0. The lowest BCUT2D eigenvalue weighted by Crippen LogP contribution is -2.00. The van der Waals surface area contributed by atoms with Gasteiger partial charge in [0.1, 0.15) is 0 Å². The first-order valence-electron chi connectivity index (χ1n) is 9.95. The molecule has 1 atom stereocenters. The first-order valence-corrected chi connectivity index (χ1v) is 9.95. The zero-order valence-corrected chi connectivity index (χ0v) is 15.6. The zero-order valence-electron chi connectivity index (χ0n) is 15.6. The summed E-state index contributed by atoms with van der Waals surface area (Å²) in [5, 5.41) is 0. The van der Waals surface area contributed by atoms with E-state index >= 15 is 0 Å². The average molecular weight is 323 g/mol. The molecule has 3 aliphatic rings. The molecule has 3 aliphatic carbocycles. The van der Waals surface area contributed by atoms with Gasteiger partial charge in [0.05, 0.1) is 0 Å². The molecule has 4 rings (SSSR count). The normalized spacial score (nSPS) is 20.9. The van der Waals surface area contributed by atoms with Crippen molar-refractivity contribution in [2.45, 2.75) is 71.6 Å². The fourth-order valence-electron chi connectivity index (χ4n) is 3.50. The molecule has 0 saturated heterocycles. The number of hydrogen-bond acceptors (Lipinski definition) is 0. The maximum Gasteiger partial charge on any atom is -0.00446 e. The molecule has 0 N–H and O–H groups in total. The molecule has 0 radical (unpaired) electrons. The lowest BCUT2D eigenvalue weighted by molar-refractivity contribution is 0.644. The van der Waals surface area contributed by atoms with Crippen LogP contribution >= 0.6 is 0 Å². The van der Waals surface area contributed by atoms with Gasteiger partial charge in [0.25, 0.3) is 0 Å². The molecule has 0 spiro atoms. The lowest BCUT2D eigenvalue weighted by atomic mass is 9.92. The van der Waals surface area contributed by atoms with E-state index in [2.05, 4.69) is 68.5 Å². The Bertz CT molecular complexity index is 534. The van der Waals surface area contributed by atoms with Crippen LogP contribution in [0.5, 0.6) is 0 Å². The van der Waals surface area contributed by atoms with E-state index in [1.165, 1.54) is 63.4 Å². The number of rotatable bonds is 0. The van der Waals surface area contributed by atoms with Crippen molar-refractivity contribution < 1.29 is 0 Å². The fourth-order valence-corrected chi connectivity index (χ4v) is 3.50. The predicted octanol–water partition coefficient (Wildman–Crippen LogP) is 7.21. The van der Waals surface area contributed by atoms with E-state index in [4.69, 9.17) is 0 Å². The number of aryl methyl sites for hydroxylation is 2. The Morgan fingerprint density at radius 3 is 2.12 bits per heavy atom. The van der Waals surface area contributed by atoms with Crippen LogP contribution in [0.25, 0.3) is 0 Å². The van der Waals surface area contributed by atoms with Gasteiger partial charge in [-0.05, 0) is 62.0 Å². The Morgan fingerprint density at radius 2 is 1.46 bits per heavy atom. The molecule has 130 valence electrons. The van der Waals surface area contributed by atoms with Crippen molar-refractivity contribution in [1.29, 1.82) is 0 Å². The molecule has 1 aromatic rings. The zero-order chi connectivity index (χ0) is 17.0. The minimum atomic E-state index is 0.725. The third-order valence-corrected chi connectivity index (χ3v) is 4.72. The molecule has 0 nitrogen and oxygen atoms in total. The summed E-state index contributed by atoms with van der Waals surface area (Å²) in [6.07, 6.45) is 23.4. The van der Waals surface area contributed by atoms with Crippen LogP contribution in [0, 0.1) is 5.92 Å². The first kappa shape index (κ1) is 18.8. The Labute approximate surface area is 149 Å². The van der Waals surface area contributed by atoms with Gasteiger partial charge in [0.2, 0.25) is 0 Å². The summed E-state index contributed by atoms with van der Waals surface area (Å²) in [5.74, 6) is 0.725. The van der Waals surface area contributed by atoms with Crippen LogP contribution in [0.1, 0.15) is 69.9 Å². The van der Waals surface area contributed by atoms with Gasteiger partial charge in [-0.25, -0.2) is 0 Å². The second-order valence-electron chi connectivity index (χ2n) is 7.08. The molecule has 0 heteroatoms. The van der Waals surface area contributed by atoms with Gasteiger partial charge in [-0.3, -0.25) is 0 Å². The van der Waals surface area contributed by atoms with Crippen molar-refractivity contribution in [3.8, 4) is 0 Å². The number of allylic oxidation sites excluding steroid dienone is 6. The minimum Gasteiger partial charge on any atom is -0.0776 e. The highest BCUT2D eigenvalue weighted by molar-refractivity contribution is 5.29. The maximum atomic E-state index is 2.42. The molecule has 24 heavy (non-hydrogen) atoms. The van der Waals surface area contributed by atoms with E-state index in [1.807, 2.05) is 0 Å². The van der Waals surface area contributed by atoms with Crippen LogP contribution in [0.15, 0.2) is 60.2 Å². The molecule has 0 aromatic heterocycles. The molecule has 1 unspecified atom stereocenters. The smallest absolute Gasteiger partial charge is 0.00446 e. The number of fused-ring (bicyclic) bond motifs is 2. The SMILES string of the molecule is C1=CC2=CC(C=C1)CCCC2.CCC.c1ccc2c(c1)CCCC2. The standard InChI is InChI=1S/C11H14.C10H12.C3H8/c1-2-6-11-8-4-3-7-10(5-1)9-11;1-2-6-10-8-4-3-7-9(10)5-1;1-3-2/h1-2,5-6,9-10H,3-4,7-8H2;1-2,5-6H,3-4,7-8H2;3H2,1-2H3. The van der Waals surface area contributed by atoms with Gasteiger partial charge in [0.15, 0.2) is 0 Å². The van der Waals surface area contributed by atoms with Crippen molar-refractivity contribution >= 4 is 0 Å². The predicted molar refractivity (Wildman–Crippen MR) is 107 cm³/mol. The van der Waals surface area contributed by atoms with Gasteiger partial charge >= 0.3 is 0 Å². The number of hydrogen-bond donors (Lipinski definition) is 0. The van der Waals surface area contributed by atoms with Gasteiger partial charge in [0, 0.05) is 0 Å². The van der Waals surface area contributed by atoms with Crippen molar-refractivity contribution in [2.24, 2.45) is 5.92 Å². The topological polar surface area (TPSA) is 0 Å². The summed E-state index contributed by atoms with van der Waals surface area (Å²) in [6, 6.07) is 8.80. The van der Waals surface area contributed by atoms with Crippen LogP contribution in [0.4, 0.5) is 0 Å². The molecule has 0 amide bonds. The molecule has 0 heterocycles. The Balaban J connectivity index is 0.000000150. The first-order chi connectivity index (χ1) is 11.8. The van der Waals surface area contributed by atoms with Gasteiger partial charge in [-0.2, -0.15) is 0 Å². The number of benzene rings is 1. The third kappa shape index (κ3) is 6.51. The summed E-state index contributed by atoms with van der Waals surface area (Å²) < 4.78 is 0. The molecular weight excluding hydrogens is 288 g/mol. The second-order valence-corrected chi connectivity index (χ2v) is 7.08. The van der Waals surface area contributed by atoms with Crippen molar-refractivity contribution in [2.75, 3.05) is 0 Å². The van der Waals surface area contributed by atoms with Crippen LogP contribution in [-0.4, -0.2) is 0 Å². The monoisotopic (exact) mass is 322 g/mol. The van der Waals surface area contributed by atoms with Crippen LogP contribution in [0.3, 0.4) is 0 Å². The van der Waals surface area contributed by atoms with E-state index < -0.39 is 0 Å². The maximum absolute atomic E-state index is 2.42. The van der Waals surface area contributed by atoms with E-state index in [-0.39, 0.29) is 0 Å². The molecule has 2 bridgehead atoms. The summed E-state index contributed by atoms with van der Waals surface area (Å²) in [5.41, 5.74) is 4.69. The molecule has 0 fully saturated rings. The van der Waals surface area contributed by atoms with Crippen LogP contribution in [0.2, 0.25) is 0 Å². The summed E-state index contributed by atoms with van der Waals surface area (Å²) in [6.45, 7) is 4.25. The molecular formula is C24H34. The van der Waals surface area contributed by atoms with E-state index in [1.54, 1.807) is 11.1 Å². The van der Waals surface area contributed by atoms with Crippen molar-refractivity contribution in [1.82, 2.24) is 0 Å². The van der Waals surface area contributed by atoms with Gasteiger partial charge in [-0.1, -0.05) is 86.9 Å². The minimum absolute atomic E-state index is 0.725. The Kier molecular flexibility index (Phi) is 8.66. The fraction of sp³-hybridized carbons (Fsp3) is 0.500. The summed E-state index contributed by atoms with van der Waals surface area (Å²) in [4.78, 5) is 0. The van der Waals surface area contributed by atoms with E-state index in [0.717, 1.165) is 5.92 Å². The molecule has 0 aliphatic heterocycles. The Morgan fingerprint density at radius 1 is 0.833 bits per heavy atom. The quantitative estimate of drug-likeness (QED) is 0.473. The van der Waals surface area contributed by atoms with Crippen LogP contribution in [-0.2, 0) is 12.8 Å². The largest absolute Gasteiger partial charge is 0.0776 e. The lowest BCUT2D eigenvalue weighted by Gasteiger charge is -2.13. The average Bonchev–Trinajstić information content (AvgIpc) is 3.00. The second kappa shape index (κ2) is 11.1. The van der Waals surface area contributed by atoms with Gasteiger partial charge in [-0.15, -0.1) is 0 Å². The molecule has 0 saturated carbocycles. The highest BCUT2D eigenvalue weighted by atomic mass is 14.1. The van der Waals surface area contributed by atoms with Crippen molar-refractivity contribution in [3.63, 3.8) is 0 Å². The Hall–Kier alpha value is -1.56. The van der Waals surface area contributed by atoms with Crippen molar-refractivity contribution in [3.05, 3.63) is 71.3 Å².